The molecule has 0 radical (unpaired) electrons. The largest absolute Gasteiger partial charge is 0.497 e. The predicted molar refractivity (Wildman–Crippen MR) is 147 cm³/mol. The molecule has 1 saturated heterocycles. The van der Waals surface area contributed by atoms with E-state index < -0.39 is 16.8 Å². The van der Waals surface area contributed by atoms with Gasteiger partial charge in [0.2, 0.25) is 11.8 Å². The quantitative estimate of drug-likeness (QED) is 0.179. The van der Waals surface area contributed by atoms with Crippen LogP contribution in [0, 0.1) is 33.8 Å². The molecule has 9 heteroatoms. The first-order valence-electron chi connectivity index (χ1n) is 12.8. The highest BCUT2D eigenvalue weighted by molar-refractivity contribution is 6.24. The van der Waals surface area contributed by atoms with E-state index in [1.807, 2.05) is 60.7 Å². The van der Waals surface area contributed by atoms with Crippen LogP contribution in [0.3, 0.4) is 0 Å². The van der Waals surface area contributed by atoms with Crippen molar-refractivity contribution in [2.75, 3.05) is 26.2 Å². The van der Waals surface area contributed by atoms with Gasteiger partial charge in [0.15, 0.2) is 0 Å². The lowest BCUT2D eigenvalue weighted by Gasteiger charge is -2.22. The third-order valence-corrected chi connectivity index (χ3v) is 8.08. The SMILES string of the molecule is COc1ccc(C(=C2[C@H]3C=C[C@H]2[C@@H]2C(=O)N(c4ccc([N+](=O)[O-])cc4OC)C(=O)[C@H]23)c2ccc(OC)cc2)cc1. The van der Waals surface area contributed by atoms with Crippen molar-refractivity contribution in [1.82, 2.24) is 0 Å². The molecular formula is C31H26N2O7. The molecule has 2 fully saturated rings. The summed E-state index contributed by atoms with van der Waals surface area (Å²) in [6.07, 6.45) is 4.05. The zero-order valence-corrected chi connectivity index (χ0v) is 22.1. The Balaban J connectivity index is 1.45. The van der Waals surface area contributed by atoms with Gasteiger partial charge in [0.05, 0.1) is 49.8 Å². The minimum Gasteiger partial charge on any atom is -0.497 e. The highest BCUT2D eigenvalue weighted by Crippen LogP contribution is 2.59. The average Bonchev–Trinajstić information content (AvgIpc) is 3.62. The number of fused-ring (bicyclic) bond motifs is 5. The molecule has 40 heavy (non-hydrogen) atoms. The van der Waals surface area contributed by atoms with Crippen molar-refractivity contribution in [2.45, 2.75) is 0 Å². The van der Waals surface area contributed by atoms with Crippen LogP contribution in [0.2, 0.25) is 0 Å². The molecule has 4 atom stereocenters. The molecule has 0 unspecified atom stereocenters. The topological polar surface area (TPSA) is 108 Å². The van der Waals surface area contributed by atoms with Crippen LogP contribution < -0.4 is 19.1 Å². The Kier molecular flexibility index (Phi) is 6.14. The van der Waals surface area contributed by atoms with E-state index in [0.717, 1.165) is 38.7 Å². The van der Waals surface area contributed by atoms with E-state index >= 15 is 0 Å². The standard InChI is InChI=1S/C31H26N2O7/c1-38-20-9-4-17(5-10-20)26(18-6-11-21(39-2)12-7-18)27-22-13-14-23(27)29-28(22)30(34)32(31(29)35)24-15-8-19(33(36)37)16-25(24)40-3/h4-16,22-23,28-29H,1-3H3/t22-,23-,28+,29+/m1/s1. The van der Waals surface area contributed by atoms with E-state index in [9.17, 15) is 19.7 Å². The minimum atomic E-state index is -0.580. The Hall–Kier alpha value is -4.92. The fourth-order valence-corrected chi connectivity index (χ4v) is 6.31. The fraction of sp³-hybridized carbons (Fsp3) is 0.226. The minimum absolute atomic E-state index is 0.101. The third-order valence-electron chi connectivity index (χ3n) is 8.08. The second-order valence-corrected chi connectivity index (χ2v) is 9.90. The lowest BCUT2D eigenvalue weighted by atomic mass is 9.85. The zero-order valence-electron chi connectivity index (χ0n) is 22.1. The number of nitro benzene ring substituents is 1. The number of nitrogens with zero attached hydrogens (tertiary/aromatic N) is 2. The molecule has 1 saturated carbocycles. The van der Waals surface area contributed by atoms with Gasteiger partial charge in [0.25, 0.3) is 5.69 Å². The van der Waals surface area contributed by atoms with E-state index in [1.54, 1.807) is 14.2 Å². The first-order chi connectivity index (χ1) is 19.4. The molecule has 3 aromatic carbocycles. The number of hydrogen-bond acceptors (Lipinski definition) is 7. The monoisotopic (exact) mass is 538 g/mol. The number of carbonyl (C=O) groups excluding carboxylic acids is 2. The first-order valence-corrected chi connectivity index (χ1v) is 12.8. The highest BCUT2D eigenvalue weighted by atomic mass is 16.6. The van der Waals surface area contributed by atoms with E-state index in [4.69, 9.17) is 14.2 Å². The second-order valence-electron chi connectivity index (χ2n) is 9.90. The molecule has 1 aliphatic heterocycles. The maximum atomic E-state index is 13.9. The number of carbonyl (C=O) groups is 2. The number of methoxy groups -OCH3 is 3. The van der Waals surface area contributed by atoms with Gasteiger partial charge in [-0.25, -0.2) is 4.90 Å². The van der Waals surface area contributed by atoms with Gasteiger partial charge in [-0.3, -0.25) is 19.7 Å². The number of anilines is 1. The maximum absolute atomic E-state index is 13.9. The Bertz CT molecular complexity index is 1510. The fourth-order valence-electron chi connectivity index (χ4n) is 6.31. The first kappa shape index (κ1) is 25.4. The molecule has 3 aromatic rings. The molecule has 0 aromatic heterocycles. The normalized spacial score (nSPS) is 22.5. The van der Waals surface area contributed by atoms with Gasteiger partial charge in [-0.1, -0.05) is 36.4 Å². The number of ether oxygens (including phenoxy) is 3. The number of amides is 2. The van der Waals surface area contributed by atoms with E-state index in [-0.39, 0.29) is 40.8 Å². The van der Waals surface area contributed by atoms with Crippen molar-refractivity contribution in [1.29, 1.82) is 0 Å². The maximum Gasteiger partial charge on any atom is 0.273 e. The van der Waals surface area contributed by atoms with E-state index in [0.29, 0.717) is 0 Å². The number of hydrogen-bond donors (Lipinski definition) is 0. The van der Waals surface area contributed by atoms with Crippen LogP contribution in [0.5, 0.6) is 17.2 Å². The zero-order chi connectivity index (χ0) is 28.1. The van der Waals surface area contributed by atoms with Crippen LogP contribution >= 0.6 is 0 Å². The van der Waals surface area contributed by atoms with Crippen molar-refractivity contribution >= 4 is 28.8 Å². The number of allylic oxidation sites excluding steroid dienone is 3. The number of rotatable bonds is 7. The molecule has 2 aliphatic carbocycles. The molecule has 6 rings (SSSR count). The number of benzene rings is 3. The molecular weight excluding hydrogens is 512 g/mol. The van der Waals surface area contributed by atoms with Gasteiger partial charge in [0.1, 0.15) is 17.2 Å². The molecule has 2 amide bonds. The number of nitro groups is 1. The molecule has 2 bridgehead atoms. The van der Waals surface area contributed by atoms with Crippen molar-refractivity contribution < 1.29 is 28.7 Å². The highest BCUT2D eigenvalue weighted by Gasteiger charge is 2.62. The van der Waals surface area contributed by atoms with Crippen molar-refractivity contribution in [3.05, 3.63) is 106 Å². The van der Waals surface area contributed by atoms with Gasteiger partial charge in [0, 0.05) is 17.9 Å². The summed E-state index contributed by atoms with van der Waals surface area (Å²) in [4.78, 5) is 39.7. The van der Waals surface area contributed by atoms with Crippen molar-refractivity contribution in [3.8, 4) is 17.2 Å². The molecule has 0 N–H and O–H groups in total. The van der Waals surface area contributed by atoms with E-state index in [2.05, 4.69) is 0 Å². The van der Waals surface area contributed by atoms with Crippen LogP contribution in [-0.4, -0.2) is 38.1 Å². The van der Waals surface area contributed by atoms with Gasteiger partial charge in [-0.2, -0.15) is 0 Å². The van der Waals surface area contributed by atoms with Gasteiger partial charge in [-0.15, -0.1) is 0 Å². The summed E-state index contributed by atoms with van der Waals surface area (Å²) in [5.74, 6) is -0.826. The third kappa shape index (κ3) is 3.77. The Morgan fingerprint density at radius 2 is 1.25 bits per heavy atom. The summed E-state index contributed by atoms with van der Waals surface area (Å²) >= 11 is 0. The van der Waals surface area contributed by atoms with Crippen molar-refractivity contribution in [3.63, 3.8) is 0 Å². The molecule has 9 nitrogen and oxygen atoms in total. The van der Waals surface area contributed by atoms with Gasteiger partial charge < -0.3 is 14.2 Å². The second kappa shape index (κ2) is 9.68. The molecule has 3 aliphatic rings. The van der Waals surface area contributed by atoms with Crippen LogP contribution in [0.4, 0.5) is 11.4 Å². The van der Waals surface area contributed by atoms with Crippen molar-refractivity contribution in [2.24, 2.45) is 23.7 Å². The molecule has 0 spiro atoms. The number of non-ortho nitro benzene ring substituents is 1. The predicted octanol–water partition coefficient (Wildman–Crippen LogP) is 5.04. The summed E-state index contributed by atoms with van der Waals surface area (Å²) < 4.78 is 16.1. The van der Waals surface area contributed by atoms with Gasteiger partial charge >= 0.3 is 0 Å². The lowest BCUT2D eigenvalue weighted by molar-refractivity contribution is -0.384. The Morgan fingerprint density at radius 3 is 1.68 bits per heavy atom. The summed E-state index contributed by atoms with van der Waals surface area (Å²) in [7, 11) is 4.59. The molecule has 1 heterocycles. The smallest absolute Gasteiger partial charge is 0.273 e. The number of imide groups is 1. The van der Waals surface area contributed by atoms with Crippen LogP contribution in [-0.2, 0) is 9.59 Å². The average molecular weight is 539 g/mol. The van der Waals surface area contributed by atoms with E-state index in [1.165, 1.54) is 25.3 Å². The Morgan fingerprint density at radius 1 is 0.750 bits per heavy atom. The molecule has 202 valence electrons. The van der Waals surface area contributed by atoms with Gasteiger partial charge in [-0.05, 0) is 52.6 Å². The lowest BCUT2D eigenvalue weighted by Crippen LogP contribution is -2.33. The summed E-state index contributed by atoms with van der Waals surface area (Å²) in [6, 6.07) is 19.4. The Labute approximate surface area is 230 Å². The van der Waals surface area contributed by atoms with Crippen LogP contribution in [0.15, 0.2) is 84.5 Å². The summed E-state index contributed by atoms with van der Waals surface area (Å²) in [6.45, 7) is 0. The van der Waals surface area contributed by atoms with Crippen LogP contribution in [0.1, 0.15) is 11.1 Å². The van der Waals surface area contributed by atoms with Crippen LogP contribution in [0.25, 0.3) is 5.57 Å². The summed E-state index contributed by atoms with van der Waals surface area (Å²) in [5.41, 5.74) is 3.94. The summed E-state index contributed by atoms with van der Waals surface area (Å²) in [5, 5.41) is 11.3.